The zero-order valence-corrected chi connectivity index (χ0v) is 12.1. The molecule has 2 aromatic heterocycles. The summed E-state index contributed by atoms with van der Waals surface area (Å²) in [5.74, 6) is 0.368. The summed E-state index contributed by atoms with van der Waals surface area (Å²) in [4.78, 5) is 7.65. The van der Waals surface area contributed by atoms with Crippen LogP contribution in [0.25, 0.3) is 16.7 Å². The lowest BCUT2D eigenvalue weighted by molar-refractivity contribution is 0.629. The van der Waals surface area contributed by atoms with E-state index in [0.29, 0.717) is 11.5 Å². The third-order valence-corrected chi connectivity index (χ3v) is 4.31. The molecule has 1 aliphatic heterocycles. The van der Waals surface area contributed by atoms with Crippen LogP contribution in [0.2, 0.25) is 0 Å². The van der Waals surface area contributed by atoms with Gasteiger partial charge in [-0.3, -0.25) is 0 Å². The molecule has 5 heteroatoms. The van der Waals surface area contributed by atoms with Crippen molar-refractivity contribution in [2.45, 2.75) is 6.04 Å². The van der Waals surface area contributed by atoms with Crippen molar-refractivity contribution in [1.82, 2.24) is 14.5 Å². The predicted molar refractivity (Wildman–Crippen MR) is 87.3 cm³/mol. The number of para-hydroxylation sites is 1. The van der Waals surface area contributed by atoms with Gasteiger partial charge in [0, 0.05) is 17.5 Å². The van der Waals surface area contributed by atoms with Gasteiger partial charge in [-0.15, -0.1) is 0 Å². The largest absolute Gasteiger partial charge is 0.343 e. The van der Waals surface area contributed by atoms with Crippen LogP contribution in [-0.2, 0) is 0 Å². The molecule has 4 aromatic rings. The number of benzene rings is 2. The number of rotatable bonds is 2. The fourth-order valence-corrected chi connectivity index (χ4v) is 3.30. The SMILES string of the molecule is Fc1ccc2nc(NC3c4ccccc4-n4cccc43)[nH]c2c1. The maximum atomic E-state index is 13.3. The van der Waals surface area contributed by atoms with Gasteiger partial charge in [-0.2, -0.15) is 0 Å². The molecule has 2 N–H and O–H groups in total. The third kappa shape index (κ3) is 1.80. The van der Waals surface area contributed by atoms with Crippen molar-refractivity contribution in [3.05, 3.63) is 77.9 Å². The van der Waals surface area contributed by atoms with Gasteiger partial charge in [-0.25, -0.2) is 9.37 Å². The molecule has 1 aliphatic rings. The molecule has 5 rings (SSSR count). The number of aromatic nitrogens is 3. The highest BCUT2D eigenvalue weighted by molar-refractivity contribution is 5.77. The molecule has 1 atom stereocenters. The molecule has 3 heterocycles. The van der Waals surface area contributed by atoms with Crippen molar-refractivity contribution in [2.24, 2.45) is 0 Å². The Balaban J connectivity index is 1.59. The normalized spacial score (nSPS) is 15.6. The molecule has 112 valence electrons. The summed E-state index contributed by atoms with van der Waals surface area (Å²) in [7, 11) is 0. The molecule has 1 unspecified atom stereocenters. The predicted octanol–water partition coefficient (Wildman–Crippen LogP) is 4.01. The number of imidazole rings is 1. The molecular weight excluding hydrogens is 291 g/mol. The van der Waals surface area contributed by atoms with Crippen molar-refractivity contribution in [1.29, 1.82) is 0 Å². The van der Waals surface area contributed by atoms with Crippen LogP contribution >= 0.6 is 0 Å². The van der Waals surface area contributed by atoms with Crippen molar-refractivity contribution >= 4 is 17.0 Å². The van der Waals surface area contributed by atoms with E-state index in [9.17, 15) is 4.39 Å². The monoisotopic (exact) mass is 304 g/mol. The second-order valence-corrected chi connectivity index (χ2v) is 5.69. The van der Waals surface area contributed by atoms with E-state index in [2.05, 4.69) is 44.2 Å². The van der Waals surface area contributed by atoms with E-state index < -0.39 is 0 Å². The first-order chi connectivity index (χ1) is 11.3. The minimum absolute atomic E-state index is 0.0200. The number of anilines is 1. The van der Waals surface area contributed by atoms with Gasteiger partial charge in [0.05, 0.1) is 22.8 Å². The van der Waals surface area contributed by atoms with Crippen molar-refractivity contribution in [2.75, 3.05) is 5.32 Å². The lowest BCUT2D eigenvalue weighted by Crippen LogP contribution is -2.10. The molecule has 2 aromatic carbocycles. The van der Waals surface area contributed by atoms with E-state index in [1.807, 2.05) is 18.2 Å². The van der Waals surface area contributed by atoms with Gasteiger partial charge in [0.1, 0.15) is 5.82 Å². The Kier molecular flexibility index (Phi) is 2.42. The molecule has 0 radical (unpaired) electrons. The number of hydrogen-bond donors (Lipinski definition) is 2. The topological polar surface area (TPSA) is 45.6 Å². The number of nitrogens with one attached hydrogen (secondary N) is 2. The van der Waals surface area contributed by atoms with E-state index in [1.165, 1.54) is 23.4 Å². The van der Waals surface area contributed by atoms with Gasteiger partial charge >= 0.3 is 0 Å². The summed E-state index contributed by atoms with van der Waals surface area (Å²) in [6.07, 6.45) is 2.06. The van der Waals surface area contributed by atoms with Gasteiger partial charge in [-0.1, -0.05) is 18.2 Å². The summed E-state index contributed by atoms with van der Waals surface area (Å²) in [6.45, 7) is 0. The second kappa shape index (κ2) is 4.46. The number of nitrogens with zero attached hydrogens (tertiary/aromatic N) is 2. The second-order valence-electron chi connectivity index (χ2n) is 5.69. The summed E-state index contributed by atoms with van der Waals surface area (Å²) in [6, 6.07) is 17.0. The van der Waals surface area contributed by atoms with Gasteiger partial charge in [0.15, 0.2) is 0 Å². The van der Waals surface area contributed by atoms with Gasteiger partial charge < -0.3 is 14.9 Å². The summed E-state index contributed by atoms with van der Waals surface area (Å²) in [5, 5.41) is 3.44. The van der Waals surface area contributed by atoms with E-state index in [4.69, 9.17) is 0 Å². The highest BCUT2D eigenvalue weighted by Gasteiger charge is 2.28. The minimum Gasteiger partial charge on any atom is -0.343 e. The van der Waals surface area contributed by atoms with Gasteiger partial charge in [-0.05, 0) is 36.4 Å². The van der Waals surface area contributed by atoms with Crippen molar-refractivity contribution in [3.8, 4) is 5.69 Å². The first kappa shape index (κ1) is 12.5. The number of H-pyrrole nitrogens is 1. The van der Waals surface area contributed by atoms with Crippen LogP contribution in [0.4, 0.5) is 10.3 Å². The van der Waals surface area contributed by atoms with Gasteiger partial charge in [0.25, 0.3) is 0 Å². The molecule has 0 spiro atoms. The Bertz CT molecular complexity index is 1030. The fourth-order valence-electron chi connectivity index (χ4n) is 3.30. The Morgan fingerprint density at radius 3 is 2.96 bits per heavy atom. The molecule has 0 fully saturated rings. The summed E-state index contributed by atoms with van der Waals surface area (Å²) < 4.78 is 15.5. The molecular formula is C18H13FN4. The summed E-state index contributed by atoms with van der Waals surface area (Å²) >= 11 is 0. The lowest BCUT2D eigenvalue weighted by atomic mass is 10.1. The lowest BCUT2D eigenvalue weighted by Gasteiger charge is -2.12. The number of halogens is 1. The molecule has 0 saturated heterocycles. The average Bonchev–Trinajstić information content (AvgIpc) is 3.23. The quantitative estimate of drug-likeness (QED) is 0.588. The Hall–Kier alpha value is -3.08. The van der Waals surface area contributed by atoms with Crippen LogP contribution in [0, 0.1) is 5.82 Å². The Labute approximate surface area is 131 Å². The highest BCUT2D eigenvalue weighted by atomic mass is 19.1. The van der Waals surface area contributed by atoms with Gasteiger partial charge in [0.2, 0.25) is 5.95 Å². The molecule has 23 heavy (non-hydrogen) atoms. The van der Waals surface area contributed by atoms with Crippen LogP contribution in [0.1, 0.15) is 17.3 Å². The first-order valence-electron chi connectivity index (χ1n) is 7.48. The van der Waals surface area contributed by atoms with Crippen LogP contribution < -0.4 is 5.32 Å². The average molecular weight is 304 g/mol. The number of fused-ring (bicyclic) bond motifs is 4. The maximum Gasteiger partial charge on any atom is 0.201 e. The van der Waals surface area contributed by atoms with E-state index in [1.54, 1.807) is 6.07 Å². The molecule has 0 amide bonds. The Morgan fingerprint density at radius 2 is 2.00 bits per heavy atom. The van der Waals surface area contributed by atoms with Crippen molar-refractivity contribution in [3.63, 3.8) is 0 Å². The van der Waals surface area contributed by atoms with Crippen molar-refractivity contribution < 1.29 is 4.39 Å². The number of aromatic amines is 1. The third-order valence-electron chi connectivity index (χ3n) is 4.31. The minimum atomic E-state index is -0.271. The zero-order chi connectivity index (χ0) is 15.4. The van der Waals surface area contributed by atoms with Crippen LogP contribution in [0.15, 0.2) is 60.8 Å². The fraction of sp³-hybridized carbons (Fsp3) is 0.0556. The number of hydrogen-bond acceptors (Lipinski definition) is 2. The summed E-state index contributed by atoms with van der Waals surface area (Å²) in [5.41, 5.74) is 4.98. The maximum absolute atomic E-state index is 13.3. The smallest absolute Gasteiger partial charge is 0.201 e. The van der Waals surface area contributed by atoms with Crippen LogP contribution in [-0.4, -0.2) is 14.5 Å². The molecule has 0 bridgehead atoms. The molecule has 0 aliphatic carbocycles. The Morgan fingerprint density at radius 1 is 1.09 bits per heavy atom. The molecule has 0 saturated carbocycles. The first-order valence-corrected chi connectivity index (χ1v) is 7.48. The van der Waals surface area contributed by atoms with Crippen LogP contribution in [0.3, 0.4) is 0 Å². The highest BCUT2D eigenvalue weighted by Crippen LogP contribution is 2.38. The van der Waals surface area contributed by atoms with Crippen LogP contribution in [0.5, 0.6) is 0 Å². The van der Waals surface area contributed by atoms with E-state index in [0.717, 1.165) is 11.2 Å². The zero-order valence-electron chi connectivity index (χ0n) is 12.1. The standard InChI is InChI=1S/C18H13FN4/c19-11-7-8-13-14(10-11)21-18(20-13)22-17-12-4-1-2-5-15(12)23-9-3-6-16(17)23/h1-10,17H,(H2,20,21,22). The van der Waals surface area contributed by atoms with E-state index >= 15 is 0 Å². The molecule has 4 nitrogen and oxygen atoms in total. The van der Waals surface area contributed by atoms with E-state index in [-0.39, 0.29) is 11.9 Å².